The first-order valence-corrected chi connectivity index (χ1v) is 7.40. The lowest BCUT2D eigenvalue weighted by Gasteiger charge is -2.09. The fourth-order valence-electron chi connectivity index (χ4n) is 2.63. The van der Waals surface area contributed by atoms with E-state index in [9.17, 15) is 9.90 Å². The van der Waals surface area contributed by atoms with Crippen molar-refractivity contribution < 1.29 is 14.3 Å². The quantitative estimate of drug-likeness (QED) is 0.582. The Morgan fingerprint density at radius 3 is 2.61 bits per heavy atom. The summed E-state index contributed by atoms with van der Waals surface area (Å²) in [6.07, 6.45) is 2.57. The lowest BCUT2D eigenvalue weighted by atomic mass is 10.0. The SMILES string of the molecule is COc1cccc2oc3ccc(CC=C(C)C)c(O)c3c(=O)c12. The van der Waals surface area contributed by atoms with Crippen molar-refractivity contribution in [3.8, 4) is 11.5 Å². The van der Waals surface area contributed by atoms with Crippen molar-refractivity contribution in [1.29, 1.82) is 0 Å². The molecule has 0 saturated carbocycles. The zero-order valence-electron chi connectivity index (χ0n) is 13.3. The first kappa shape index (κ1) is 15.2. The van der Waals surface area contributed by atoms with Crippen LogP contribution < -0.4 is 10.2 Å². The average molecular weight is 310 g/mol. The Morgan fingerprint density at radius 2 is 1.91 bits per heavy atom. The van der Waals surface area contributed by atoms with E-state index in [1.54, 1.807) is 30.3 Å². The molecule has 0 saturated heterocycles. The zero-order chi connectivity index (χ0) is 16.6. The molecule has 0 aliphatic carbocycles. The molecule has 0 amide bonds. The van der Waals surface area contributed by atoms with Crippen LogP contribution in [0.4, 0.5) is 0 Å². The number of ether oxygens (including phenoxy) is 1. The highest BCUT2D eigenvalue weighted by Gasteiger charge is 2.16. The van der Waals surface area contributed by atoms with E-state index in [1.807, 2.05) is 19.9 Å². The fourth-order valence-corrected chi connectivity index (χ4v) is 2.63. The maximum Gasteiger partial charge on any atom is 0.208 e. The molecule has 118 valence electrons. The Hall–Kier alpha value is -2.75. The van der Waals surface area contributed by atoms with Crippen molar-refractivity contribution in [2.45, 2.75) is 20.3 Å². The third-order valence-electron chi connectivity index (χ3n) is 3.84. The molecule has 0 spiro atoms. The van der Waals surface area contributed by atoms with Crippen LogP contribution in [0, 0.1) is 0 Å². The first-order chi connectivity index (χ1) is 11.0. The highest BCUT2D eigenvalue weighted by Crippen LogP contribution is 2.32. The molecule has 23 heavy (non-hydrogen) atoms. The predicted octanol–water partition coefficient (Wildman–Crippen LogP) is 4.17. The molecular weight excluding hydrogens is 292 g/mol. The second-order valence-corrected chi connectivity index (χ2v) is 5.70. The molecule has 3 rings (SSSR count). The van der Waals surface area contributed by atoms with Crippen LogP contribution >= 0.6 is 0 Å². The molecule has 0 unspecified atom stereocenters. The molecule has 4 heteroatoms. The molecule has 1 heterocycles. The number of hydrogen-bond acceptors (Lipinski definition) is 4. The van der Waals surface area contributed by atoms with Gasteiger partial charge in [-0.05, 0) is 44.0 Å². The number of fused-ring (bicyclic) bond motifs is 2. The summed E-state index contributed by atoms with van der Waals surface area (Å²) in [4.78, 5) is 12.9. The molecule has 1 aromatic heterocycles. The summed E-state index contributed by atoms with van der Waals surface area (Å²) in [5.41, 5.74) is 2.37. The van der Waals surface area contributed by atoms with Gasteiger partial charge in [0.25, 0.3) is 0 Å². The number of phenolic OH excluding ortho intramolecular Hbond substituents is 1. The monoisotopic (exact) mass is 310 g/mol. The largest absolute Gasteiger partial charge is 0.507 e. The molecule has 0 fully saturated rings. The van der Waals surface area contributed by atoms with Crippen LogP contribution in [-0.2, 0) is 6.42 Å². The van der Waals surface area contributed by atoms with Gasteiger partial charge in [-0.15, -0.1) is 0 Å². The Bertz CT molecular complexity index is 976. The molecule has 0 aliphatic rings. The van der Waals surface area contributed by atoms with E-state index in [0.717, 1.165) is 5.57 Å². The van der Waals surface area contributed by atoms with Crippen LogP contribution in [0.2, 0.25) is 0 Å². The molecule has 0 radical (unpaired) electrons. The second kappa shape index (κ2) is 5.80. The van der Waals surface area contributed by atoms with Crippen molar-refractivity contribution in [3.63, 3.8) is 0 Å². The molecular formula is C19H18O4. The van der Waals surface area contributed by atoms with Crippen molar-refractivity contribution >= 4 is 21.9 Å². The highest BCUT2D eigenvalue weighted by atomic mass is 16.5. The predicted molar refractivity (Wildman–Crippen MR) is 91.3 cm³/mol. The van der Waals surface area contributed by atoms with E-state index in [-0.39, 0.29) is 16.6 Å². The van der Waals surface area contributed by atoms with Gasteiger partial charge in [-0.25, -0.2) is 0 Å². The van der Waals surface area contributed by atoms with E-state index < -0.39 is 0 Å². The molecule has 3 aromatic rings. The first-order valence-electron chi connectivity index (χ1n) is 7.40. The minimum absolute atomic E-state index is 0.0263. The number of allylic oxidation sites excluding steroid dienone is 2. The molecule has 0 aliphatic heterocycles. The number of aromatic hydroxyl groups is 1. The normalized spacial score (nSPS) is 10.9. The minimum atomic E-state index is -0.282. The van der Waals surface area contributed by atoms with Gasteiger partial charge >= 0.3 is 0 Å². The van der Waals surface area contributed by atoms with Gasteiger partial charge in [-0.1, -0.05) is 23.8 Å². The molecule has 0 bridgehead atoms. The van der Waals surface area contributed by atoms with Gasteiger partial charge in [0.05, 0.1) is 7.11 Å². The van der Waals surface area contributed by atoms with Crippen molar-refractivity contribution in [3.05, 3.63) is 57.8 Å². The van der Waals surface area contributed by atoms with Gasteiger partial charge in [0.1, 0.15) is 33.4 Å². The summed E-state index contributed by atoms with van der Waals surface area (Å²) in [5, 5.41) is 11.1. The van der Waals surface area contributed by atoms with Crippen LogP contribution in [0.3, 0.4) is 0 Å². The number of benzene rings is 2. The van der Waals surface area contributed by atoms with Crippen LogP contribution in [0.5, 0.6) is 11.5 Å². The molecule has 1 N–H and O–H groups in total. The summed E-state index contributed by atoms with van der Waals surface area (Å²) in [6.45, 7) is 3.98. The van der Waals surface area contributed by atoms with Crippen molar-refractivity contribution in [1.82, 2.24) is 0 Å². The lowest BCUT2D eigenvalue weighted by molar-refractivity contribution is 0.419. The fraction of sp³-hybridized carbons (Fsp3) is 0.211. The third kappa shape index (κ3) is 2.57. The van der Waals surface area contributed by atoms with Gasteiger partial charge in [0.2, 0.25) is 5.43 Å². The van der Waals surface area contributed by atoms with Crippen LogP contribution in [0.1, 0.15) is 19.4 Å². The van der Waals surface area contributed by atoms with E-state index in [2.05, 4.69) is 0 Å². The van der Waals surface area contributed by atoms with Gasteiger partial charge in [-0.2, -0.15) is 0 Å². The minimum Gasteiger partial charge on any atom is -0.507 e. The maximum absolute atomic E-state index is 12.9. The smallest absolute Gasteiger partial charge is 0.208 e. The summed E-state index contributed by atoms with van der Waals surface area (Å²) in [7, 11) is 1.50. The van der Waals surface area contributed by atoms with Crippen LogP contribution in [0.15, 0.2) is 51.2 Å². The van der Waals surface area contributed by atoms with E-state index in [0.29, 0.717) is 34.3 Å². The molecule has 4 nitrogen and oxygen atoms in total. The number of hydrogen-bond donors (Lipinski definition) is 1. The van der Waals surface area contributed by atoms with Crippen LogP contribution in [0.25, 0.3) is 21.9 Å². The number of methoxy groups -OCH3 is 1. The Labute approximate surface area is 133 Å². The maximum atomic E-state index is 12.9. The average Bonchev–Trinajstić information content (AvgIpc) is 2.53. The number of rotatable bonds is 3. The Balaban J connectivity index is 2.36. The van der Waals surface area contributed by atoms with Gasteiger partial charge in [0.15, 0.2) is 0 Å². The highest BCUT2D eigenvalue weighted by molar-refractivity contribution is 5.96. The van der Waals surface area contributed by atoms with Gasteiger partial charge < -0.3 is 14.3 Å². The van der Waals surface area contributed by atoms with Crippen molar-refractivity contribution in [2.75, 3.05) is 7.11 Å². The van der Waals surface area contributed by atoms with Gasteiger partial charge in [0, 0.05) is 0 Å². The summed E-state index contributed by atoms with van der Waals surface area (Å²) in [6, 6.07) is 8.69. The summed E-state index contributed by atoms with van der Waals surface area (Å²) >= 11 is 0. The topological polar surface area (TPSA) is 59.7 Å². The van der Waals surface area contributed by atoms with E-state index in [1.165, 1.54) is 7.11 Å². The van der Waals surface area contributed by atoms with E-state index >= 15 is 0 Å². The lowest BCUT2D eigenvalue weighted by Crippen LogP contribution is -2.05. The third-order valence-corrected chi connectivity index (χ3v) is 3.84. The zero-order valence-corrected chi connectivity index (χ0v) is 13.3. The number of phenols is 1. The summed E-state index contributed by atoms with van der Waals surface area (Å²) < 4.78 is 11.0. The van der Waals surface area contributed by atoms with Crippen LogP contribution in [-0.4, -0.2) is 12.2 Å². The van der Waals surface area contributed by atoms with E-state index in [4.69, 9.17) is 9.15 Å². The molecule has 0 atom stereocenters. The van der Waals surface area contributed by atoms with Gasteiger partial charge in [-0.3, -0.25) is 4.79 Å². The second-order valence-electron chi connectivity index (χ2n) is 5.70. The van der Waals surface area contributed by atoms with Crippen molar-refractivity contribution in [2.24, 2.45) is 0 Å². The summed E-state index contributed by atoms with van der Waals surface area (Å²) in [5.74, 6) is 0.411. The Morgan fingerprint density at radius 1 is 1.17 bits per heavy atom. The standard InChI is InChI=1S/C19H18O4/c1-11(2)7-8-12-9-10-15-17(18(12)20)19(21)16-13(22-3)5-4-6-14(16)23-15/h4-7,9-10,20H,8H2,1-3H3. The Kier molecular flexibility index (Phi) is 3.82. The molecule has 2 aromatic carbocycles.